The molecule has 0 bridgehead atoms. The lowest BCUT2D eigenvalue weighted by Crippen LogP contribution is -2.52. The van der Waals surface area contributed by atoms with Crippen LogP contribution in [0.2, 0.25) is 0 Å². The zero-order valence-electron chi connectivity index (χ0n) is 16.4. The van der Waals surface area contributed by atoms with E-state index in [2.05, 4.69) is 5.32 Å². The van der Waals surface area contributed by atoms with Gasteiger partial charge in [0.05, 0.1) is 13.7 Å². The van der Waals surface area contributed by atoms with Gasteiger partial charge in [0.25, 0.3) is 0 Å². The van der Waals surface area contributed by atoms with Gasteiger partial charge < -0.3 is 14.8 Å². The van der Waals surface area contributed by atoms with E-state index in [1.54, 1.807) is 20.8 Å². The molecule has 2 rings (SSSR count). The Labute approximate surface area is 168 Å². The summed E-state index contributed by atoms with van der Waals surface area (Å²) in [5, 5.41) is 2.49. The molecule has 10 heteroatoms. The summed E-state index contributed by atoms with van der Waals surface area (Å²) in [5.41, 5.74) is 0.0840. The van der Waals surface area contributed by atoms with E-state index < -0.39 is 36.6 Å². The Kier molecular flexibility index (Phi) is 7.95. The van der Waals surface area contributed by atoms with Gasteiger partial charge in [0.15, 0.2) is 6.04 Å². The minimum absolute atomic E-state index is 0.213. The van der Waals surface area contributed by atoms with Crippen LogP contribution in [0.1, 0.15) is 26.3 Å². The van der Waals surface area contributed by atoms with Gasteiger partial charge in [0.2, 0.25) is 0 Å². The van der Waals surface area contributed by atoms with Crippen molar-refractivity contribution >= 4 is 30.2 Å². The van der Waals surface area contributed by atoms with Crippen molar-refractivity contribution in [1.82, 2.24) is 5.32 Å². The standard InChI is InChI=1S/C18H26NO7PS/c1-18(2,3)25-17(21)19-15(16(20)23-4)14(12-13-8-6-5-7-9-13)26-27(22)24-10-11-28-27/h5-9,14-15H,10-12H2,1-4H3,(H,19,21)/t14?,15-,27?/m0/s1. The molecule has 1 N–H and O–H groups in total. The first-order valence-corrected chi connectivity index (χ1v) is 11.9. The third-order valence-corrected chi connectivity index (χ3v) is 7.39. The zero-order chi connectivity index (χ0) is 20.8. The second-order valence-corrected chi connectivity index (χ2v) is 11.2. The summed E-state index contributed by atoms with van der Waals surface area (Å²) in [6.07, 6.45) is -1.56. The predicted octanol–water partition coefficient (Wildman–Crippen LogP) is 3.55. The van der Waals surface area contributed by atoms with E-state index in [1.807, 2.05) is 30.3 Å². The molecular formula is C18H26NO7PS. The molecule has 0 saturated carbocycles. The number of carbonyl (C=O) groups is 2. The van der Waals surface area contributed by atoms with Crippen LogP contribution in [0.5, 0.6) is 0 Å². The molecule has 1 aromatic rings. The van der Waals surface area contributed by atoms with Gasteiger partial charge in [-0.15, -0.1) is 0 Å². The number of methoxy groups -OCH3 is 1. The van der Waals surface area contributed by atoms with Gasteiger partial charge >= 0.3 is 18.9 Å². The molecule has 1 amide bonds. The van der Waals surface area contributed by atoms with Crippen LogP contribution in [0.15, 0.2) is 30.3 Å². The predicted molar refractivity (Wildman–Crippen MR) is 106 cm³/mol. The highest BCUT2D eigenvalue weighted by Gasteiger charge is 2.41. The van der Waals surface area contributed by atoms with Crippen LogP contribution in [-0.4, -0.2) is 49.3 Å². The van der Waals surface area contributed by atoms with Gasteiger partial charge in [-0.2, -0.15) is 0 Å². The Hall–Kier alpha value is -1.54. The molecule has 0 radical (unpaired) electrons. The highest BCUT2D eigenvalue weighted by molar-refractivity contribution is 8.55. The maximum absolute atomic E-state index is 12.8. The van der Waals surface area contributed by atoms with E-state index >= 15 is 0 Å². The van der Waals surface area contributed by atoms with Crippen molar-refractivity contribution in [2.45, 2.75) is 44.9 Å². The molecule has 156 valence electrons. The van der Waals surface area contributed by atoms with Crippen molar-refractivity contribution in [3.8, 4) is 0 Å². The summed E-state index contributed by atoms with van der Waals surface area (Å²) in [4.78, 5) is 24.7. The lowest BCUT2D eigenvalue weighted by atomic mass is 10.0. The van der Waals surface area contributed by atoms with Crippen LogP contribution in [0.25, 0.3) is 0 Å². The van der Waals surface area contributed by atoms with Gasteiger partial charge in [0.1, 0.15) is 11.7 Å². The molecule has 8 nitrogen and oxygen atoms in total. The number of alkyl carbamates (subject to hydrolysis) is 1. The first-order chi connectivity index (χ1) is 13.1. The van der Waals surface area contributed by atoms with Crippen LogP contribution in [-0.2, 0) is 34.3 Å². The molecule has 1 heterocycles. The number of carbonyl (C=O) groups excluding carboxylic acids is 2. The van der Waals surface area contributed by atoms with Gasteiger partial charge in [-0.1, -0.05) is 30.3 Å². The Morgan fingerprint density at radius 1 is 1.29 bits per heavy atom. The number of hydrogen-bond donors (Lipinski definition) is 1. The molecular weight excluding hydrogens is 405 g/mol. The third kappa shape index (κ3) is 7.13. The van der Waals surface area contributed by atoms with Crippen molar-refractivity contribution in [3.05, 3.63) is 35.9 Å². The first kappa shape index (κ1) is 22.7. The number of nitrogens with one attached hydrogen (secondary N) is 1. The quantitative estimate of drug-likeness (QED) is 0.517. The molecule has 1 aromatic carbocycles. The maximum atomic E-state index is 12.8. The van der Waals surface area contributed by atoms with Gasteiger partial charge in [0, 0.05) is 12.2 Å². The summed E-state index contributed by atoms with van der Waals surface area (Å²) in [7, 11) is 1.20. The summed E-state index contributed by atoms with van der Waals surface area (Å²) in [6, 6.07) is 7.99. The monoisotopic (exact) mass is 431 g/mol. The van der Waals surface area contributed by atoms with Crippen molar-refractivity contribution in [2.75, 3.05) is 19.5 Å². The van der Waals surface area contributed by atoms with Gasteiger partial charge in [-0.3, -0.25) is 9.05 Å². The minimum Gasteiger partial charge on any atom is -0.467 e. The fourth-order valence-corrected chi connectivity index (χ4v) is 5.89. The number of hydrogen-bond acceptors (Lipinski definition) is 8. The lowest BCUT2D eigenvalue weighted by molar-refractivity contribution is -0.145. The Bertz CT molecular complexity index is 712. The summed E-state index contributed by atoms with van der Waals surface area (Å²) >= 11 is 1.06. The number of benzene rings is 1. The van der Waals surface area contributed by atoms with E-state index in [9.17, 15) is 14.2 Å². The Balaban J connectivity index is 2.26. The molecule has 1 fully saturated rings. The summed E-state index contributed by atoms with van der Waals surface area (Å²) in [5.74, 6) is -0.208. The Morgan fingerprint density at radius 3 is 2.50 bits per heavy atom. The largest absolute Gasteiger partial charge is 0.467 e. The molecule has 0 aromatic heterocycles. The van der Waals surface area contributed by atoms with Crippen LogP contribution >= 0.6 is 18.2 Å². The van der Waals surface area contributed by atoms with Crippen LogP contribution in [0, 0.1) is 0 Å². The van der Waals surface area contributed by atoms with E-state index in [1.165, 1.54) is 7.11 Å². The number of rotatable bonds is 7. The van der Waals surface area contributed by atoms with Crippen molar-refractivity contribution in [3.63, 3.8) is 0 Å². The normalized spacial score (nSPS) is 21.6. The highest BCUT2D eigenvalue weighted by atomic mass is 32.7. The van der Waals surface area contributed by atoms with Crippen molar-refractivity contribution in [1.29, 1.82) is 0 Å². The SMILES string of the molecule is COC(=O)[C@@H](NC(=O)OC(C)(C)C)C(Cc1ccccc1)OP1(=O)OCCS1. The third-order valence-electron chi connectivity index (χ3n) is 3.63. The molecule has 1 aliphatic heterocycles. The van der Waals surface area contributed by atoms with Crippen LogP contribution in [0.4, 0.5) is 4.79 Å². The highest BCUT2D eigenvalue weighted by Crippen LogP contribution is 2.65. The van der Waals surface area contributed by atoms with Gasteiger partial charge in [-0.25, -0.2) is 14.2 Å². The summed E-state index contributed by atoms with van der Waals surface area (Å²) < 4.78 is 33.8. The second-order valence-electron chi connectivity index (χ2n) is 7.09. The molecule has 1 aliphatic rings. The molecule has 0 aliphatic carbocycles. The number of ether oxygens (including phenoxy) is 2. The first-order valence-electron chi connectivity index (χ1n) is 8.81. The van der Waals surface area contributed by atoms with Crippen LogP contribution < -0.4 is 5.32 Å². The fraction of sp³-hybridized carbons (Fsp3) is 0.556. The number of amides is 1. The molecule has 28 heavy (non-hydrogen) atoms. The summed E-state index contributed by atoms with van der Waals surface area (Å²) in [6.45, 7) is 1.98. The minimum atomic E-state index is -3.43. The zero-order valence-corrected chi connectivity index (χ0v) is 18.1. The second kappa shape index (κ2) is 9.78. The Morgan fingerprint density at radius 2 is 1.96 bits per heavy atom. The van der Waals surface area contributed by atoms with Crippen molar-refractivity contribution < 1.29 is 32.7 Å². The van der Waals surface area contributed by atoms with Gasteiger partial charge in [-0.05, 0) is 37.7 Å². The molecule has 3 atom stereocenters. The van der Waals surface area contributed by atoms with Crippen molar-refractivity contribution in [2.24, 2.45) is 0 Å². The molecule has 2 unspecified atom stereocenters. The topological polar surface area (TPSA) is 100 Å². The van der Waals surface area contributed by atoms with E-state index in [-0.39, 0.29) is 6.42 Å². The smallest absolute Gasteiger partial charge is 0.408 e. The van der Waals surface area contributed by atoms with E-state index in [4.69, 9.17) is 18.5 Å². The average Bonchev–Trinajstić information content (AvgIpc) is 3.04. The fourth-order valence-electron chi connectivity index (χ4n) is 2.49. The molecule has 0 spiro atoms. The van der Waals surface area contributed by atoms with E-state index in [0.717, 1.165) is 16.9 Å². The number of esters is 1. The van der Waals surface area contributed by atoms with Crippen LogP contribution in [0.3, 0.4) is 0 Å². The average molecular weight is 431 g/mol. The van der Waals surface area contributed by atoms with E-state index in [0.29, 0.717) is 12.4 Å². The maximum Gasteiger partial charge on any atom is 0.408 e. The lowest BCUT2D eigenvalue weighted by Gasteiger charge is -2.29. The molecule has 1 saturated heterocycles.